The maximum atomic E-state index is 13.7. The van der Waals surface area contributed by atoms with E-state index in [9.17, 15) is 4.79 Å². The fourth-order valence-electron chi connectivity index (χ4n) is 4.37. The van der Waals surface area contributed by atoms with Gasteiger partial charge in [-0.25, -0.2) is 9.97 Å². The number of halogens is 1. The van der Waals surface area contributed by atoms with E-state index in [1.807, 2.05) is 42.2 Å². The number of anilines is 2. The number of piperidine rings is 1. The summed E-state index contributed by atoms with van der Waals surface area (Å²) < 4.78 is 10.8. The Bertz CT molecular complexity index is 1140. The number of amides is 1. The van der Waals surface area contributed by atoms with Crippen molar-refractivity contribution in [1.82, 2.24) is 14.9 Å². The van der Waals surface area contributed by atoms with Crippen molar-refractivity contribution in [2.45, 2.75) is 45.6 Å². The van der Waals surface area contributed by atoms with Crippen molar-refractivity contribution in [3.05, 3.63) is 47.8 Å². The molecular formula is C25H31ClN4O3. The van der Waals surface area contributed by atoms with Crippen molar-refractivity contribution in [2.24, 2.45) is 0 Å². The molecule has 2 aromatic heterocycles. The number of pyridine rings is 2. The topological polar surface area (TPSA) is 76.6 Å². The Morgan fingerprint density at radius 1 is 1.15 bits per heavy atom. The van der Waals surface area contributed by atoms with Crippen LogP contribution in [0.2, 0.25) is 0 Å². The lowest BCUT2D eigenvalue weighted by atomic mass is 9.98. The summed E-state index contributed by atoms with van der Waals surface area (Å²) in [4.78, 5) is 24.8. The van der Waals surface area contributed by atoms with Crippen LogP contribution in [0.25, 0.3) is 11.0 Å². The van der Waals surface area contributed by atoms with Gasteiger partial charge in [0.2, 0.25) is 0 Å². The van der Waals surface area contributed by atoms with Gasteiger partial charge in [0, 0.05) is 41.6 Å². The molecule has 0 saturated carbocycles. The molecule has 1 saturated heterocycles. The number of rotatable bonds is 6. The Balaban J connectivity index is 0.00000306. The number of benzene rings is 1. The van der Waals surface area contributed by atoms with Crippen molar-refractivity contribution < 1.29 is 14.3 Å². The first-order chi connectivity index (χ1) is 15.5. The maximum Gasteiger partial charge on any atom is 0.257 e. The van der Waals surface area contributed by atoms with E-state index in [1.54, 1.807) is 20.4 Å². The normalized spacial score (nSPS) is 15.6. The van der Waals surface area contributed by atoms with Crippen LogP contribution in [0.1, 0.15) is 48.7 Å². The molecule has 8 heteroatoms. The van der Waals surface area contributed by atoms with Gasteiger partial charge in [-0.1, -0.05) is 6.92 Å². The number of nitrogens with one attached hydrogen (secondary N) is 1. The molecule has 3 aromatic rings. The fourth-order valence-corrected chi connectivity index (χ4v) is 4.37. The molecule has 0 bridgehead atoms. The highest BCUT2D eigenvalue weighted by Gasteiger charge is 2.29. The largest absolute Gasteiger partial charge is 0.493 e. The zero-order valence-electron chi connectivity index (χ0n) is 19.6. The molecule has 1 N–H and O–H groups in total. The van der Waals surface area contributed by atoms with Crippen molar-refractivity contribution >= 4 is 40.7 Å². The number of nitrogens with zero attached hydrogens (tertiary/aromatic N) is 3. The van der Waals surface area contributed by atoms with Crippen molar-refractivity contribution in [3.63, 3.8) is 0 Å². The van der Waals surface area contributed by atoms with E-state index in [2.05, 4.69) is 22.2 Å². The Hall–Kier alpha value is -3.06. The second kappa shape index (κ2) is 10.7. The van der Waals surface area contributed by atoms with E-state index in [0.717, 1.165) is 49.0 Å². The van der Waals surface area contributed by atoms with Gasteiger partial charge < -0.3 is 19.7 Å². The number of carbonyl (C=O) groups excluding carboxylic acids is 1. The van der Waals surface area contributed by atoms with Crippen LogP contribution in [-0.2, 0) is 0 Å². The molecule has 7 nitrogen and oxygen atoms in total. The van der Waals surface area contributed by atoms with Gasteiger partial charge in [-0.2, -0.15) is 0 Å². The van der Waals surface area contributed by atoms with Crippen molar-refractivity contribution in [1.29, 1.82) is 0 Å². The third kappa shape index (κ3) is 4.98. The van der Waals surface area contributed by atoms with Gasteiger partial charge in [-0.3, -0.25) is 4.79 Å². The molecule has 176 valence electrons. The van der Waals surface area contributed by atoms with E-state index in [0.29, 0.717) is 28.4 Å². The number of hydrogen-bond acceptors (Lipinski definition) is 6. The Kier molecular flexibility index (Phi) is 7.97. The second-order valence-corrected chi connectivity index (χ2v) is 8.12. The first-order valence-electron chi connectivity index (χ1n) is 11.1. The minimum absolute atomic E-state index is 0. The number of methoxy groups -OCH3 is 2. The monoisotopic (exact) mass is 470 g/mol. The van der Waals surface area contributed by atoms with Crippen LogP contribution in [0.15, 0.2) is 36.5 Å². The molecule has 0 aliphatic carbocycles. The number of hydrogen-bond donors (Lipinski definition) is 1. The average Bonchev–Trinajstić information content (AvgIpc) is 2.83. The summed E-state index contributed by atoms with van der Waals surface area (Å²) in [6.07, 6.45) is 5.84. The molecule has 1 aliphatic heterocycles. The number of fused-ring (bicyclic) bond motifs is 1. The van der Waals surface area contributed by atoms with E-state index in [1.165, 1.54) is 0 Å². The van der Waals surface area contributed by atoms with Gasteiger partial charge in [0.1, 0.15) is 0 Å². The summed E-state index contributed by atoms with van der Waals surface area (Å²) >= 11 is 0. The van der Waals surface area contributed by atoms with Gasteiger partial charge in [0.05, 0.1) is 25.5 Å². The molecule has 0 radical (unpaired) electrons. The fraction of sp³-hybridized carbons (Fsp3) is 0.400. The summed E-state index contributed by atoms with van der Waals surface area (Å²) in [5.41, 5.74) is 3.53. The van der Waals surface area contributed by atoms with Crippen LogP contribution < -0.4 is 14.8 Å². The van der Waals surface area contributed by atoms with E-state index < -0.39 is 0 Å². The number of carbonyl (C=O) groups is 1. The molecule has 1 fully saturated rings. The summed E-state index contributed by atoms with van der Waals surface area (Å²) in [7, 11) is 3.21. The van der Waals surface area contributed by atoms with Gasteiger partial charge in [0.15, 0.2) is 17.1 Å². The van der Waals surface area contributed by atoms with Crippen LogP contribution in [0.4, 0.5) is 11.4 Å². The lowest BCUT2D eigenvalue weighted by Crippen LogP contribution is -2.43. The Labute approximate surface area is 200 Å². The number of aromatic nitrogens is 2. The molecule has 3 heterocycles. The van der Waals surface area contributed by atoms with Gasteiger partial charge >= 0.3 is 0 Å². The van der Waals surface area contributed by atoms with E-state index in [4.69, 9.17) is 9.47 Å². The standard InChI is InChI=1S/C25H30N4O3.ClH/c1-5-18-8-6-7-13-29(18)25(30)20-15-26-24-19(11-9-16(2)27-24)23(20)28-17-10-12-21(31-3)22(14-17)32-4;/h9-12,14-15,18H,5-8,13H2,1-4H3,(H,26,27,28);1H. The number of likely N-dealkylation sites (tertiary alicyclic amines) is 1. The second-order valence-electron chi connectivity index (χ2n) is 8.12. The van der Waals surface area contributed by atoms with Crippen LogP contribution >= 0.6 is 12.4 Å². The van der Waals surface area contributed by atoms with Gasteiger partial charge in [0.25, 0.3) is 5.91 Å². The highest BCUT2D eigenvalue weighted by atomic mass is 35.5. The minimum atomic E-state index is 0. The van der Waals surface area contributed by atoms with Crippen LogP contribution in [0.5, 0.6) is 11.5 Å². The molecule has 1 aliphatic rings. The molecule has 1 amide bonds. The van der Waals surface area contributed by atoms with Gasteiger partial charge in [-0.15, -0.1) is 12.4 Å². The van der Waals surface area contributed by atoms with Crippen LogP contribution in [-0.4, -0.2) is 47.6 Å². The third-order valence-corrected chi connectivity index (χ3v) is 6.11. The molecular weight excluding hydrogens is 440 g/mol. The molecule has 1 unspecified atom stereocenters. The van der Waals surface area contributed by atoms with Crippen molar-refractivity contribution in [2.75, 3.05) is 26.1 Å². The predicted octanol–water partition coefficient (Wildman–Crippen LogP) is 5.53. The lowest BCUT2D eigenvalue weighted by Gasteiger charge is -2.35. The SMILES string of the molecule is CCC1CCCCN1C(=O)c1cnc2nc(C)ccc2c1Nc1ccc(OC)c(OC)c1.Cl. The van der Waals surface area contributed by atoms with Crippen LogP contribution in [0.3, 0.4) is 0 Å². The Morgan fingerprint density at radius 2 is 1.94 bits per heavy atom. The third-order valence-electron chi connectivity index (χ3n) is 6.11. The highest BCUT2D eigenvalue weighted by molar-refractivity contribution is 6.07. The minimum Gasteiger partial charge on any atom is -0.493 e. The first kappa shape index (κ1) is 24.6. The lowest BCUT2D eigenvalue weighted by molar-refractivity contribution is 0.0609. The summed E-state index contributed by atoms with van der Waals surface area (Å²) in [6.45, 7) is 4.85. The predicted molar refractivity (Wildman–Crippen MR) is 133 cm³/mol. The quantitative estimate of drug-likeness (QED) is 0.510. The summed E-state index contributed by atoms with van der Waals surface area (Å²) in [5.74, 6) is 1.26. The van der Waals surface area contributed by atoms with Gasteiger partial charge in [-0.05, 0) is 56.9 Å². The number of ether oxygens (including phenoxy) is 2. The molecule has 0 spiro atoms. The molecule has 1 aromatic carbocycles. The van der Waals surface area contributed by atoms with E-state index in [-0.39, 0.29) is 24.4 Å². The summed E-state index contributed by atoms with van der Waals surface area (Å²) in [5, 5.41) is 4.26. The zero-order chi connectivity index (χ0) is 22.7. The Morgan fingerprint density at radius 3 is 2.67 bits per heavy atom. The first-order valence-corrected chi connectivity index (χ1v) is 11.1. The van der Waals surface area contributed by atoms with Crippen molar-refractivity contribution in [3.8, 4) is 11.5 Å². The molecule has 33 heavy (non-hydrogen) atoms. The smallest absolute Gasteiger partial charge is 0.257 e. The summed E-state index contributed by atoms with van der Waals surface area (Å²) in [6, 6.07) is 9.77. The number of aryl methyl sites for hydroxylation is 1. The highest BCUT2D eigenvalue weighted by Crippen LogP contribution is 2.35. The van der Waals surface area contributed by atoms with E-state index >= 15 is 0 Å². The maximum absolute atomic E-state index is 13.7. The molecule has 4 rings (SSSR count). The molecule has 1 atom stereocenters. The average molecular weight is 471 g/mol. The zero-order valence-corrected chi connectivity index (χ0v) is 20.4. The van der Waals surface area contributed by atoms with Crippen LogP contribution in [0, 0.1) is 6.92 Å².